The first-order chi connectivity index (χ1) is 8.13. The molecule has 0 fully saturated rings. The van der Waals surface area contributed by atoms with E-state index in [9.17, 15) is 4.79 Å². The molecule has 2 N–H and O–H groups in total. The maximum absolute atomic E-state index is 10.7. The minimum absolute atomic E-state index is 0.385. The summed E-state index contributed by atoms with van der Waals surface area (Å²) in [7, 11) is 0. The van der Waals surface area contributed by atoms with Crippen molar-refractivity contribution in [2.75, 3.05) is 19.8 Å². The lowest BCUT2D eigenvalue weighted by Gasteiger charge is -2.09. The number of aliphatic hydroxyl groups is 1. The first kappa shape index (κ1) is 13.5. The summed E-state index contributed by atoms with van der Waals surface area (Å²) in [6.07, 6.45) is 0. The quantitative estimate of drug-likeness (QED) is 0.733. The number of hydrogen-bond donors (Lipinski definition) is 2. The van der Waals surface area contributed by atoms with Crippen LogP contribution in [0.25, 0.3) is 0 Å². The zero-order valence-electron chi connectivity index (χ0n) is 10.3. The van der Waals surface area contributed by atoms with Crippen LogP contribution in [0.4, 0.5) is 0 Å². The molecule has 0 aliphatic rings. The number of carbonyl (C=O) groups is 1. The van der Waals surface area contributed by atoms with Gasteiger partial charge in [0, 0.05) is 0 Å². The van der Waals surface area contributed by atoms with Gasteiger partial charge in [-0.2, -0.15) is 0 Å². The summed E-state index contributed by atoms with van der Waals surface area (Å²) in [5.41, 5.74) is 1.27. The van der Waals surface area contributed by atoms with Gasteiger partial charge in [-0.3, -0.25) is 4.79 Å². The van der Waals surface area contributed by atoms with Gasteiger partial charge < -0.3 is 15.2 Å². The number of ether oxygens (including phenoxy) is 1. The van der Waals surface area contributed by atoms with E-state index >= 15 is 0 Å². The molecule has 94 valence electrons. The van der Waals surface area contributed by atoms with E-state index in [0.29, 0.717) is 19.1 Å². The molecule has 0 spiro atoms. The molecule has 0 aliphatic carbocycles. The van der Waals surface area contributed by atoms with Gasteiger partial charge in [-0.25, -0.2) is 0 Å². The highest BCUT2D eigenvalue weighted by molar-refractivity contribution is 5.76. The summed E-state index contributed by atoms with van der Waals surface area (Å²) >= 11 is 0. The molecule has 0 saturated heterocycles. The van der Waals surface area contributed by atoms with Gasteiger partial charge in [-0.05, 0) is 23.6 Å². The lowest BCUT2D eigenvalue weighted by molar-refractivity contribution is -0.123. The van der Waals surface area contributed by atoms with E-state index < -0.39 is 6.61 Å². The number of hydrogen-bond acceptors (Lipinski definition) is 3. The van der Waals surface area contributed by atoms with E-state index in [1.807, 2.05) is 24.3 Å². The molecule has 1 aromatic carbocycles. The highest BCUT2D eigenvalue weighted by Gasteiger charge is 2.00. The molecule has 0 saturated carbocycles. The molecular weight excluding hydrogens is 218 g/mol. The standard InChI is InChI=1S/C13H19NO3/c1-10(2)11-3-5-12(6-4-11)17-8-7-14-13(16)9-15/h3-6,10,15H,7-9H2,1-2H3,(H,14,16). The molecule has 0 aliphatic heterocycles. The lowest BCUT2D eigenvalue weighted by atomic mass is 10.0. The maximum atomic E-state index is 10.7. The van der Waals surface area contributed by atoms with Crippen molar-refractivity contribution in [2.45, 2.75) is 19.8 Å². The van der Waals surface area contributed by atoms with Crippen LogP contribution in [0.15, 0.2) is 24.3 Å². The van der Waals surface area contributed by atoms with Gasteiger partial charge >= 0.3 is 0 Å². The van der Waals surface area contributed by atoms with Crippen molar-refractivity contribution in [3.05, 3.63) is 29.8 Å². The topological polar surface area (TPSA) is 58.6 Å². The maximum Gasteiger partial charge on any atom is 0.245 e. The molecule has 0 heterocycles. The van der Waals surface area contributed by atoms with Crippen molar-refractivity contribution >= 4 is 5.91 Å². The average molecular weight is 237 g/mol. The minimum Gasteiger partial charge on any atom is -0.492 e. The van der Waals surface area contributed by atoms with Crippen molar-refractivity contribution in [1.29, 1.82) is 0 Å². The molecular formula is C13H19NO3. The molecule has 0 radical (unpaired) electrons. The average Bonchev–Trinajstić information content (AvgIpc) is 2.34. The predicted octanol–water partition coefficient (Wildman–Crippen LogP) is 1.30. The van der Waals surface area contributed by atoms with Crippen LogP contribution in [0, 0.1) is 0 Å². The second kappa shape index (κ2) is 6.91. The Hall–Kier alpha value is -1.55. The SMILES string of the molecule is CC(C)c1ccc(OCCNC(=O)CO)cc1. The zero-order chi connectivity index (χ0) is 12.7. The van der Waals surface area contributed by atoms with E-state index in [2.05, 4.69) is 19.2 Å². The third kappa shape index (κ3) is 4.87. The van der Waals surface area contributed by atoms with Gasteiger partial charge in [0.25, 0.3) is 0 Å². The Morgan fingerprint density at radius 1 is 1.35 bits per heavy atom. The van der Waals surface area contributed by atoms with E-state index in [-0.39, 0.29) is 5.91 Å². The van der Waals surface area contributed by atoms with Crippen LogP contribution in [0.2, 0.25) is 0 Å². The fraction of sp³-hybridized carbons (Fsp3) is 0.462. The number of rotatable bonds is 6. The molecule has 0 atom stereocenters. The van der Waals surface area contributed by atoms with Gasteiger partial charge in [0.05, 0.1) is 6.54 Å². The highest BCUT2D eigenvalue weighted by atomic mass is 16.5. The van der Waals surface area contributed by atoms with Crippen LogP contribution in [-0.2, 0) is 4.79 Å². The van der Waals surface area contributed by atoms with Gasteiger partial charge in [0.15, 0.2) is 0 Å². The number of aliphatic hydroxyl groups excluding tert-OH is 1. The second-order valence-electron chi connectivity index (χ2n) is 4.08. The summed E-state index contributed by atoms with van der Waals surface area (Å²) in [4.78, 5) is 10.7. The van der Waals surface area contributed by atoms with Crippen LogP contribution in [-0.4, -0.2) is 30.8 Å². The van der Waals surface area contributed by atoms with E-state index in [4.69, 9.17) is 9.84 Å². The number of benzene rings is 1. The van der Waals surface area contributed by atoms with E-state index in [1.165, 1.54) is 5.56 Å². The van der Waals surface area contributed by atoms with Crippen molar-refractivity contribution in [3.63, 3.8) is 0 Å². The van der Waals surface area contributed by atoms with Crippen molar-refractivity contribution in [3.8, 4) is 5.75 Å². The third-order valence-corrected chi connectivity index (χ3v) is 2.38. The smallest absolute Gasteiger partial charge is 0.245 e. The molecule has 1 aromatic rings. The number of nitrogens with one attached hydrogen (secondary N) is 1. The first-order valence-electron chi connectivity index (χ1n) is 5.74. The third-order valence-electron chi connectivity index (χ3n) is 2.38. The van der Waals surface area contributed by atoms with Crippen LogP contribution < -0.4 is 10.1 Å². The van der Waals surface area contributed by atoms with E-state index in [0.717, 1.165) is 5.75 Å². The molecule has 17 heavy (non-hydrogen) atoms. The van der Waals surface area contributed by atoms with Gasteiger partial charge in [-0.1, -0.05) is 26.0 Å². The van der Waals surface area contributed by atoms with Crippen LogP contribution in [0.1, 0.15) is 25.3 Å². The zero-order valence-corrected chi connectivity index (χ0v) is 10.3. The van der Waals surface area contributed by atoms with Crippen LogP contribution >= 0.6 is 0 Å². The monoisotopic (exact) mass is 237 g/mol. The second-order valence-corrected chi connectivity index (χ2v) is 4.08. The van der Waals surface area contributed by atoms with Crippen molar-refractivity contribution in [2.24, 2.45) is 0 Å². The normalized spacial score (nSPS) is 10.4. The number of carbonyl (C=O) groups excluding carboxylic acids is 1. The Kier molecular flexibility index (Phi) is 5.49. The Bertz CT molecular complexity index is 346. The molecule has 1 rings (SSSR count). The molecule has 4 nitrogen and oxygen atoms in total. The molecule has 4 heteroatoms. The van der Waals surface area contributed by atoms with Crippen LogP contribution in [0.5, 0.6) is 5.75 Å². The number of amides is 1. The summed E-state index contributed by atoms with van der Waals surface area (Å²) < 4.78 is 5.44. The first-order valence-corrected chi connectivity index (χ1v) is 5.74. The Morgan fingerprint density at radius 2 is 2.00 bits per heavy atom. The molecule has 1 amide bonds. The van der Waals surface area contributed by atoms with Gasteiger partial charge in [-0.15, -0.1) is 0 Å². The molecule has 0 bridgehead atoms. The fourth-order valence-corrected chi connectivity index (χ4v) is 1.36. The molecule has 0 aromatic heterocycles. The largest absolute Gasteiger partial charge is 0.492 e. The Labute approximate surface area is 102 Å². The minimum atomic E-state index is -0.483. The van der Waals surface area contributed by atoms with E-state index in [1.54, 1.807) is 0 Å². The lowest BCUT2D eigenvalue weighted by Crippen LogP contribution is -2.30. The van der Waals surface area contributed by atoms with Crippen molar-refractivity contribution in [1.82, 2.24) is 5.32 Å². The summed E-state index contributed by atoms with van der Waals surface area (Å²) in [5.74, 6) is 0.907. The van der Waals surface area contributed by atoms with Crippen molar-refractivity contribution < 1.29 is 14.6 Å². The molecule has 0 unspecified atom stereocenters. The van der Waals surface area contributed by atoms with Gasteiger partial charge in [0.1, 0.15) is 19.0 Å². The summed E-state index contributed by atoms with van der Waals surface area (Å²) in [6.45, 7) is 4.59. The van der Waals surface area contributed by atoms with Crippen LogP contribution in [0.3, 0.4) is 0 Å². The summed E-state index contributed by atoms with van der Waals surface area (Å²) in [5, 5.41) is 11.0. The fourth-order valence-electron chi connectivity index (χ4n) is 1.36. The van der Waals surface area contributed by atoms with Gasteiger partial charge in [0.2, 0.25) is 5.91 Å². The Morgan fingerprint density at radius 3 is 2.53 bits per heavy atom. The summed E-state index contributed by atoms with van der Waals surface area (Å²) in [6, 6.07) is 7.91. The highest BCUT2D eigenvalue weighted by Crippen LogP contribution is 2.18. The predicted molar refractivity (Wildman–Crippen MR) is 66.1 cm³/mol. The Balaban J connectivity index is 2.30.